The number of aryl methyl sites for hydroxylation is 1. The largest absolute Gasteiger partial charge is 0.379 e. The van der Waals surface area contributed by atoms with Gasteiger partial charge in [0.2, 0.25) is 15.9 Å². The predicted octanol–water partition coefficient (Wildman–Crippen LogP) is 0.964. The summed E-state index contributed by atoms with van der Waals surface area (Å²) in [6.07, 6.45) is 0.603. The number of hydrogen-bond donors (Lipinski definition) is 3. The highest BCUT2D eigenvalue weighted by atomic mass is 32.2. The second-order valence-electron chi connectivity index (χ2n) is 8.05. The lowest BCUT2D eigenvalue weighted by atomic mass is 10.0. The Kier molecular flexibility index (Phi) is 8.77. The quantitative estimate of drug-likeness (QED) is 0.487. The highest BCUT2D eigenvalue weighted by molar-refractivity contribution is 7.89. The summed E-state index contributed by atoms with van der Waals surface area (Å²) in [7, 11) is -3.69. The van der Waals surface area contributed by atoms with E-state index in [2.05, 4.69) is 46.7 Å². The molecule has 1 saturated heterocycles. The smallest absolute Gasteiger partial charge is 0.238 e. The number of ether oxygens (including phenoxy) is 1. The van der Waals surface area contributed by atoms with Crippen LogP contribution in [0.4, 0.5) is 0 Å². The van der Waals surface area contributed by atoms with Gasteiger partial charge in [0.25, 0.3) is 0 Å². The molecule has 174 valence electrons. The van der Waals surface area contributed by atoms with Gasteiger partial charge in [0, 0.05) is 32.2 Å². The summed E-state index contributed by atoms with van der Waals surface area (Å²) in [6, 6.07) is 14.8. The maximum Gasteiger partial charge on any atom is 0.238 e. The minimum absolute atomic E-state index is 0.0465. The lowest BCUT2D eigenvalue weighted by molar-refractivity contribution is -0.120. The Bertz CT molecular complexity index is 972. The van der Waals surface area contributed by atoms with Crippen LogP contribution in [0, 0.1) is 6.92 Å². The van der Waals surface area contributed by atoms with Crippen LogP contribution in [0.25, 0.3) is 0 Å². The van der Waals surface area contributed by atoms with Gasteiger partial charge in [0.05, 0.1) is 24.7 Å². The van der Waals surface area contributed by atoms with Crippen LogP contribution in [0.15, 0.2) is 53.4 Å². The Morgan fingerprint density at radius 2 is 1.75 bits per heavy atom. The second-order valence-corrected chi connectivity index (χ2v) is 9.61. The third kappa shape index (κ3) is 7.68. The van der Waals surface area contributed by atoms with Crippen LogP contribution in [0.3, 0.4) is 0 Å². The molecule has 1 amide bonds. The number of morpholine rings is 1. The van der Waals surface area contributed by atoms with E-state index in [0.29, 0.717) is 13.0 Å². The third-order valence-electron chi connectivity index (χ3n) is 5.52. The van der Waals surface area contributed by atoms with E-state index in [1.54, 1.807) is 12.1 Å². The van der Waals surface area contributed by atoms with E-state index in [1.807, 2.05) is 0 Å². The molecular weight excluding hydrogens is 428 g/mol. The van der Waals surface area contributed by atoms with Crippen molar-refractivity contribution in [2.45, 2.75) is 24.3 Å². The third-order valence-corrected chi connectivity index (χ3v) is 6.45. The van der Waals surface area contributed by atoms with Crippen molar-refractivity contribution in [2.75, 3.05) is 45.9 Å². The normalized spacial score (nSPS) is 15.9. The molecule has 0 radical (unpaired) electrons. The Balaban J connectivity index is 1.48. The van der Waals surface area contributed by atoms with Crippen molar-refractivity contribution in [3.8, 4) is 0 Å². The van der Waals surface area contributed by atoms with E-state index in [0.717, 1.165) is 44.0 Å². The minimum atomic E-state index is -3.69. The highest BCUT2D eigenvalue weighted by Gasteiger charge is 2.19. The molecule has 3 rings (SSSR count). The number of nitrogens with one attached hydrogen (secondary N) is 2. The van der Waals surface area contributed by atoms with E-state index in [4.69, 9.17) is 9.88 Å². The summed E-state index contributed by atoms with van der Waals surface area (Å²) >= 11 is 0. The van der Waals surface area contributed by atoms with E-state index < -0.39 is 10.0 Å². The van der Waals surface area contributed by atoms with E-state index in [-0.39, 0.29) is 23.4 Å². The predicted molar refractivity (Wildman–Crippen MR) is 124 cm³/mol. The SMILES string of the molecule is Cc1ccc([C@@H](CN2CCOCC2)NCC(=O)NCCc2ccc(S(N)(=O)=O)cc2)cc1. The minimum Gasteiger partial charge on any atom is -0.379 e. The first-order chi connectivity index (χ1) is 15.3. The summed E-state index contributed by atoms with van der Waals surface area (Å²) in [4.78, 5) is 14.8. The highest BCUT2D eigenvalue weighted by Crippen LogP contribution is 2.16. The molecule has 2 aromatic carbocycles. The number of primary sulfonamides is 1. The second kappa shape index (κ2) is 11.5. The summed E-state index contributed by atoms with van der Waals surface area (Å²) in [5.41, 5.74) is 3.29. The molecule has 0 unspecified atom stereocenters. The molecule has 32 heavy (non-hydrogen) atoms. The number of carbonyl (C=O) groups is 1. The first-order valence-corrected chi connectivity index (χ1v) is 12.3. The molecular formula is C23H32N4O4S. The van der Waals surface area contributed by atoms with Crippen molar-refractivity contribution in [1.82, 2.24) is 15.5 Å². The average Bonchev–Trinajstić information content (AvgIpc) is 2.78. The summed E-state index contributed by atoms with van der Waals surface area (Å²) in [6.45, 7) is 6.81. The van der Waals surface area contributed by atoms with Crippen molar-refractivity contribution in [2.24, 2.45) is 5.14 Å². The summed E-state index contributed by atoms with van der Waals surface area (Å²) in [5, 5.41) is 11.4. The molecule has 1 aliphatic rings. The van der Waals surface area contributed by atoms with Gasteiger partial charge in [0.1, 0.15) is 0 Å². The van der Waals surface area contributed by atoms with Gasteiger partial charge >= 0.3 is 0 Å². The summed E-state index contributed by atoms with van der Waals surface area (Å²) in [5.74, 6) is -0.0785. The number of benzene rings is 2. The van der Waals surface area contributed by atoms with Crippen LogP contribution in [-0.4, -0.2) is 65.2 Å². The monoisotopic (exact) mass is 460 g/mol. The number of nitrogens with two attached hydrogens (primary N) is 1. The molecule has 0 saturated carbocycles. The molecule has 2 aromatic rings. The van der Waals surface area contributed by atoms with Crippen LogP contribution in [0.5, 0.6) is 0 Å². The Morgan fingerprint density at radius 1 is 1.09 bits per heavy atom. The van der Waals surface area contributed by atoms with Crippen LogP contribution in [-0.2, 0) is 26.0 Å². The van der Waals surface area contributed by atoms with Gasteiger partial charge in [-0.15, -0.1) is 0 Å². The lowest BCUT2D eigenvalue weighted by Crippen LogP contribution is -2.44. The Labute approximate surface area is 190 Å². The number of hydrogen-bond acceptors (Lipinski definition) is 6. The van der Waals surface area contributed by atoms with Crippen LogP contribution in [0.1, 0.15) is 22.7 Å². The van der Waals surface area contributed by atoms with E-state index >= 15 is 0 Å². The number of nitrogens with zero attached hydrogens (tertiary/aromatic N) is 1. The van der Waals surface area contributed by atoms with Gasteiger partial charge in [-0.05, 0) is 36.6 Å². The zero-order valence-corrected chi connectivity index (χ0v) is 19.2. The van der Waals surface area contributed by atoms with Gasteiger partial charge in [-0.3, -0.25) is 9.69 Å². The van der Waals surface area contributed by atoms with Gasteiger partial charge in [-0.25, -0.2) is 13.6 Å². The molecule has 8 nitrogen and oxygen atoms in total. The Morgan fingerprint density at radius 3 is 2.38 bits per heavy atom. The zero-order chi connectivity index (χ0) is 23.0. The number of amides is 1. The average molecular weight is 461 g/mol. The van der Waals surface area contributed by atoms with Crippen molar-refractivity contribution < 1.29 is 17.9 Å². The molecule has 0 aliphatic carbocycles. The molecule has 0 spiro atoms. The first-order valence-electron chi connectivity index (χ1n) is 10.8. The van der Waals surface area contributed by atoms with Gasteiger partial charge in [-0.2, -0.15) is 0 Å². The standard InChI is InChI=1S/C23H32N4O4S/c1-18-2-6-20(7-3-18)22(17-27-12-14-31-15-13-27)26-16-23(28)25-11-10-19-4-8-21(9-5-19)32(24,29)30/h2-9,22,26H,10-17H2,1H3,(H,25,28)(H2,24,29,30)/t22-/m1/s1. The van der Waals surface area contributed by atoms with E-state index in [9.17, 15) is 13.2 Å². The maximum absolute atomic E-state index is 12.4. The van der Waals surface area contributed by atoms with Crippen LogP contribution in [0.2, 0.25) is 0 Å². The topological polar surface area (TPSA) is 114 Å². The van der Waals surface area contributed by atoms with Crippen LogP contribution < -0.4 is 15.8 Å². The molecule has 4 N–H and O–H groups in total. The van der Waals surface area contributed by atoms with Gasteiger partial charge < -0.3 is 15.4 Å². The van der Waals surface area contributed by atoms with Gasteiger partial charge in [0.15, 0.2) is 0 Å². The Hall–Kier alpha value is -2.30. The van der Waals surface area contributed by atoms with Crippen molar-refractivity contribution in [3.63, 3.8) is 0 Å². The van der Waals surface area contributed by atoms with Crippen molar-refractivity contribution >= 4 is 15.9 Å². The molecule has 0 aromatic heterocycles. The fourth-order valence-corrected chi connectivity index (χ4v) is 4.11. The first kappa shape index (κ1) is 24.3. The molecule has 9 heteroatoms. The molecule has 0 bridgehead atoms. The molecule has 1 fully saturated rings. The summed E-state index contributed by atoms with van der Waals surface area (Å²) < 4.78 is 28.1. The maximum atomic E-state index is 12.4. The molecule has 1 heterocycles. The van der Waals surface area contributed by atoms with Crippen molar-refractivity contribution in [1.29, 1.82) is 0 Å². The number of carbonyl (C=O) groups excluding carboxylic acids is 1. The molecule has 1 atom stereocenters. The van der Waals surface area contributed by atoms with Crippen molar-refractivity contribution in [3.05, 3.63) is 65.2 Å². The number of rotatable bonds is 10. The number of sulfonamides is 1. The van der Waals surface area contributed by atoms with E-state index in [1.165, 1.54) is 17.7 Å². The lowest BCUT2D eigenvalue weighted by Gasteiger charge is -2.31. The fraction of sp³-hybridized carbons (Fsp3) is 0.435. The van der Waals surface area contributed by atoms with Crippen LogP contribution >= 0.6 is 0 Å². The fourth-order valence-electron chi connectivity index (χ4n) is 3.60. The molecule has 1 aliphatic heterocycles. The van der Waals surface area contributed by atoms with Gasteiger partial charge in [-0.1, -0.05) is 42.0 Å². The zero-order valence-electron chi connectivity index (χ0n) is 18.4.